The lowest BCUT2D eigenvalue weighted by Crippen LogP contribution is -2.48. The molecule has 1 aliphatic carbocycles. The molecule has 3 heteroatoms. The molecule has 2 N–H and O–H groups in total. The van der Waals surface area contributed by atoms with E-state index in [0.717, 1.165) is 18.2 Å². The molecule has 3 nitrogen and oxygen atoms in total. The Morgan fingerprint density at radius 1 is 1.33 bits per heavy atom. The zero-order chi connectivity index (χ0) is 14.8. The van der Waals surface area contributed by atoms with E-state index in [9.17, 15) is 0 Å². The first kappa shape index (κ1) is 14.9. The van der Waals surface area contributed by atoms with E-state index < -0.39 is 0 Å². The van der Waals surface area contributed by atoms with Gasteiger partial charge in [0.1, 0.15) is 5.75 Å². The summed E-state index contributed by atoms with van der Waals surface area (Å²) in [5.74, 6) is 1.80. The second kappa shape index (κ2) is 6.37. The minimum absolute atomic E-state index is 0.548. The van der Waals surface area contributed by atoms with E-state index in [1.807, 2.05) is 0 Å². The molecule has 0 bridgehead atoms. The molecule has 1 fully saturated rings. The van der Waals surface area contributed by atoms with Crippen molar-refractivity contribution in [2.45, 2.75) is 51.1 Å². The molecule has 1 aromatic carbocycles. The maximum absolute atomic E-state index is 6.07. The Labute approximate surface area is 128 Å². The van der Waals surface area contributed by atoms with Gasteiger partial charge < -0.3 is 10.5 Å². The SMILES string of the molecule is COc1ccc2c(c1)CCCC2N1CCC(C)CC1CN. The molecule has 116 valence electrons. The maximum Gasteiger partial charge on any atom is 0.119 e. The van der Waals surface area contributed by atoms with Gasteiger partial charge in [0.05, 0.1) is 7.11 Å². The molecule has 21 heavy (non-hydrogen) atoms. The highest BCUT2D eigenvalue weighted by Gasteiger charge is 2.33. The third kappa shape index (κ3) is 2.95. The van der Waals surface area contributed by atoms with Crippen molar-refractivity contribution in [3.05, 3.63) is 29.3 Å². The zero-order valence-corrected chi connectivity index (χ0v) is 13.3. The Bertz CT molecular complexity index is 488. The average Bonchev–Trinajstić information content (AvgIpc) is 2.53. The van der Waals surface area contributed by atoms with Crippen molar-refractivity contribution in [3.63, 3.8) is 0 Å². The van der Waals surface area contributed by atoms with Crippen LogP contribution in [-0.2, 0) is 6.42 Å². The fourth-order valence-electron chi connectivity index (χ4n) is 4.15. The number of ether oxygens (including phenoxy) is 1. The number of benzene rings is 1. The predicted octanol–water partition coefficient (Wildman–Crippen LogP) is 3.13. The third-order valence-electron chi connectivity index (χ3n) is 5.33. The fraction of sp³-hybridized carbons (Fsp3) is 0.667. The summed E-state index contributed by atoms with van der Waals surface area (Å²) in [4.78, 5) is 2.68. The predicted molar refractivity (Wildman–Crippen MR) is 86.6 cm³/mol. The molecule has 3 rings (SSSR count). The van der Waals surface area contributed by atoms with Crippen LogP contribution in [-0.4, -0.2) is 31.1 Å². The lowest BCUT2D eigenvalue weighted by molar-refractivity contribution is 0.0670. The molecule has 1 aromatic rings. The lowest BCUT2D eigenvalue weighted by atomic mass is 9.83. The van der Waals surface area contributed by atoms with Crippen LogP contribution in [0.2, 0.25) is 0 Å². The van der Waals surface area contributed by atoms with Crippen molar-refractivity contribution in [2.24, 2.45) is 11.7 Å². The molecule has 1 saturated heterocycles. The molecule has 3 atom stereocenters. The molecule has 0 radical (unpaired) electrons. The van der Waals surface area contributed by atoms with E-state index in [-0.39, 0.29) is 0 Å². The second-order valence-electron chi connectivity index (χ2n) is 6.73. The van der Waals surface area contributed by atoms with Crippen LogP contribution in [0.4, 0.5) is 0 Å². The summed E-state index contributed by atoms with van der Waals surface area (Å²) in [6.45, 7) is 4.34. The van der Waals surface area contributed by atoms with Crippen LogP contribution in [0.3, 0.4) is 0 Å². The zero-order valence-electron chi connectivity index (χ0n) is 13.3. The van der Waals surface area contributed by atoms with Gasteiger partial charge >= 0.3 is 0 Å². The minimum Gasteiger partial charge on any atom is -0.497 e. The highest BCUT2D eigenvalue weighted by Crippen LogP contribution is 2.39. The summed E-state index contributed by atoms with van der Waals surface area (Å²) in [6, 6.07) is 7.73. The number of piperidine rings is 1. The summed E-state index contributed by atoms with van der Waals surface area (Å²) >= 11 is 0. The van der Waals surface area contributed by atoms with Gasteiger partial charge in [-0.2, -0.15) is 0 Å². The number of hydrogen-bond acceptors (Lipinski definition) is 3. The van der Waals surface area contributed by atoms with Crippen molar-refractivity contribution in [2.75, 3.05) is 20.2 Å². The van der Waals surface area contributed by atoms with Gasteiger partial charge in [0.15, 0.2) is 0 Å². The Balaban J connectivity index is 1.87. The monoisotopic (exact) mass is 288 g/mol. The number of likely N-dealkylation sites (tertiary alicyclic amines) is 1. The highest BCUT2D eigenvalue weighted by atomic mass is 16.5. The molecule has 0 aromatic heterocycles. The van der Waals surface area contributed by atoms with E-state index in [4.69, 9.17) is 10.5 Å². The normalized spacial score (nSPS) is 30.0. The summed E-state index contributed by atoms with van der Waals surface area (Å²) in [5, 5.41) is 0. The van der Waals surface area contributed by atoms with E-state index in [1.54, 1.807) is 7.11 Å². The number of nitrogens with zero attached hydrogens (tertiary/aromatic N) is 1. The standard InChI is InChI=1S/C18H28N2O/c1-13-8-9-20(15(10-13)12-19)18-5-3-4-14-11-16(21-2)6-7-17(14)18/h6-7,11,13,15,18H,3-5,8-10,12,19H2,1-2H3. The highest BCUT2D eigenvalue weighted by molar-refractivity contribution is 5.39. The number of aryl methyl sites for hydroxylation is 1. The minimum atomic E-state index is 0.548. The molecule has 1 aliphatic heterocycles. The number of nitrogens with two attached hydrogens (primary N) is 1. The first-order valence-electron chi connectivity index (χ1n) is 8.35. The van der Waals surface area contributed by atoms with Crippen LogP contribution in [0.15, 0.2) is 18.2 Å². The van der Waals surface area contributed by atoms with E-state index in [0.29, 0.717) is 12.1 Å². The van der Waals surface area contributed by atoms with Crippen LogP contribution in [0.25, 0.3) is 0 Å². The summed E-state index contributed by atoms with van der Waals surface area (Å²) in [6.07, 6.45) is 6.27. The van der Waals surface area contributed by atoms with E-state index >= 15 is 0 Å². The number of hydrogen-bond donors (Lipinski definition) is 1. The fourth-order valence-corrected chi connectivity index (χ4v) is 4.15. The van der Waals surface area contributed by atoms with Crippen LogP contribution < -0.4 is 10.5 Å². The molecule has 1 heterocycles. The summed E-state index contributed by atoms with van der Waals surface area (Å²) < 4.78 is 5.38. The lowest BCUT2D eigenvalue weighted by Gasteiger charge is -2.45. The molecule has 0 spiro atoms. The average molecular weight is 288 g/mol. The number of methoxy groups -OCH3 is 1. The molecule has 3 unspecified atom stereocenters. The number of fused-ring (bicyclic) bond motifs is 1. The number of rotatable bonds is 3. The van der Waals surface area contributed by atoms with Crippen molar-refractivity contribution in [3.8, 4) is 5.75 Å². The first-order chi connectivity index (χ1) is 10.2. The quantitative estimate of drug-likeness (QED) is 0.928. The Hall–Kier alpha value is -1.06. The van der Waals surface area contributed by atoms with Gasteiger partial charge in [0.25, 0.3) is 0 Å². The van der Waals surface area contributed by atoms with Crippen molar-refractivity contribution in [1.82, 2.24) is 4.90 Å². The second-order valence-corrected chi connectivity index (χ2v) is 6.73. The van der Waals surface area contributed by atoms with Crippen LogP contribution in [0, 0.1) is 5.92 Å². The molecule has 0 amide bonds. The third-order valence-corrected chi connectivity index (χ3v) is 5.33. The molecule has 0 saturated carbocycles. The molecular formula is C18H28N2O. The van der Waals surface area contributed by atoms with E-state index in [2.05, 4.69) is 30.0 Å². The van der Waals surface area contributed by atoms with Crippen molar-refractivity contribution in [1.29, 1.82) is 0 Å². The van der Waals surface area contributed by atoms with Crippen LogP contribution in [0.5, 0.6) is 5.75 Å². The topological polar surface area (TPSA) is 38.5 Å². The Morgan fingerprint density at radius 2 is 2.19 bits per heavy atom. The smallest absolute Gasteiger partial charge is 0.119 e. The van der Waals surface area contributed by atoms with Gasteiger partial charge in [-0.1, -0.05) is 13.0 Å². The molecular weight excluding hydrogens is 260 g/mol. The van der Waals surface area contributed by atoms with Gasteiger partial charge in [-0.25, -0.2) is 0 Å². The largest absolute Gasteiger partial charge is 0.497 e. The van der Waals surface area contributed by atoms with Crippen molar-refractivity contribution < 1.29 is 4.74 Å². The van der Waals surface area contributed by atoms with Crippen LogP contribution in [0.1, 0.15) is 49.8 Å². The molecule has 2 aliphatic rings. The Morgan fingerprint density at radius 3 is 2.95 bits per heavy atom. The first-order valence-corrected chi connectivity index (χ1v) is 8.35. The summed E-state index contributed by atoms with van der Waals surface area (Å²) in [7, 11) is 1.75. The summed E-state index contributed by atoms with van der Waals surface area (Å²) in [5.41, 5.74) is 9.05. The van der Waals surface area contributed by atoms with Crippen molar-refractivity contribution >= 4 is 0 Å². The van der Waals surface area contributed by atoms with Gasteiger partial charge in [0.2, 0.25) is 0 Å². The van der Waals surface area contributed by atoms with Gasteiger partial charge in [-0.05, 0) is 67.8 Å². The van der Waals surface area contributed by atoms with Gasteiger partial charge in [0, 0.05) is 18.6 Å². The van der Waals surface area contributed by atoms with Gasteiger partial charge in [-0.15, -0.1) is 0 Å². The van der Waals surface area contributed by atoms with Gasteiger partial charge in [-0.3, -0.25) is 4.90 Å². The Kier molecular flexibility index (Phi) is 4.51. The van der Waals surface area contributed by atoms with Crippen LogP contribution >= 0.6 is 0 Å². The van der Waals surface area contributed by atoms with E-state index in [1.165, 1.54) is 49.8 Å². The maximum atomic E-state index is 6.07.